The Morgan fingerprint density at radius 2 is 1.92 bits per heavy atom. The summed E-state index contributed by atoms with van der Waals surface area (Å²) in [6.07, 6.45) is 1.71. The van der Waals surface area contributed by atoms with Crippen molar-refractivity contribution in [2.24, 2.45) is 0 Å². The Hall–Kier alpha value is -3.42. The molecule has 0 spiro atoms. The molecule has 0 unspecified atom stereocenters. The second-order valence-electron chi connectivity index (χ2n) is 5.63. The number of pyridine rings is 1. The van der Waals surface area contributed by atoms with Crippen LogP contribution in [-0.4, -0.2) is 18.0 Å². The summed E-state index contributed by atoms with van der Waals surface area (Å²) in [5.74, 6) is 5.90. The van der Waals surface area contributed by atoms with Gasteiger partial charge in [-0.05, 0) is 53.9 Å². The van der Waals surface area contributed by atoms with Gasteiger partial charge in [0.2, 0.25) is 0 Å². The van der Waals surface area contributed by atoms with E-state index in [-0.39, 0.29) is 5.91 Å². The minimum atomic E-state index is -0.169. The standard InChI is InChI=1S/C22H18N2O2/c1-26-16-18-7-4-8-19(14-18)22(25)24-21-10-5-6-17(15-21)11-12-20-9-2-3-13-23-20/h2-10,13-15H,16H2,1H3,(H,24,25). The molecule has 4 nitrogen and oxygen atoms in total. The van der Waals surface area contributed by atoms with Gasteiger partial charge < -0.3 is 10.1 Å². The number of nitrogens with zero attached hydrogens (tertiary/aromatic N) is 1. The van der Waals surface area contributed by atoms with Crippen molar-refractivity contribution in [2.45, 2.75) is 6.61 Å². The lowest BCUT2D eigenvalue weighted by Gasteiger charge is -2.07. The first-order valence-electron chi connectivity index (χ1n) is 8.17. The molecule has 1 amide bonds. The highest BCUT2D eigenvalue weighted by atomic mass is 16.5. The number of benzene rings is 2. The molecule has 0 saturated carbocycles. The van der Waals surface area contributed by atoms with Crippen LogP contribution in [0.2, 0.25) is 0 Å². The molecule has 2 aromatic carbocycles. The Morgan fingerprint density at radius 1 is 1.04 bits per heavy atom. The molecule has 3 rings (SSSR count). The van der Waals surface area contributed by atoms with Crippen molar-refractivity contribution in [1.82, 2.24) is 4.98 Å². The van der Waals surface area contributed by atoms with Gasteiger partial charge in [-0.25, -0.2) is 4.98 Å². The molecule has 0 radical (unpaired) electrons. The second kappa shape index (κ2) is 8.61. The van der Waals surface area contributed by atoms with Gasteiger partial charge in [0.05, 0.1) is 6.61 Å². The Morgan fingerprint density at radius 3 is 2.73 bits per heavy atom. The highest BCUT2D eigenvalue weighted by Crippen LogP contribution is 2.13. The quantitative estimate of drug-likeness (QED) is 0.732. The van der Waals surface area contributed by atoms with E-state index in [4.69, 9.17) is 4.74 Å². The van der Waals surface area contributed by atoms with Crippen LogP contribution >= 0.6 is 0 Å². The molecule has 1 heterocycles. The van der Waals surface area contributed by atoms with Gasteiger partial charge in [-0.1, -0.05) is 30.2 Å². The fourth-order valence-corrected chi connectivity index (χ4v) is 2.42. The third-order valence-corrected chi connectivity index (χ3v) is 3.62. The summed E-state index contributed by atoms with van der Waals surface area (Å²) in [5, 5.41) is 2.90. The van der Waals surface area contributed by atoms with Gasteiger partial charge in [-0.15, -0.1) is 0 Å². The lowest BCUT2D eigenvalue weighted by atomic mass is 10.1. The Labute approximate surface area is 152 Å². The first kappa shape index (κ1) is 17.4. The molecule has 0 saturated heterocycles. The van der Waals surface area contributed by atoms with Crippen LogP contribution in [0.25, 0.3) is 0 Å². The van der Waals surface area contributed by atoms with Gasteiger partial charge in [-0.3, -0.25) is 4.79 Å². The van der Waals surface area contributed by atoms with E-state index < -0.39 is 0 Å². The topological polar surface area (TPSA) is 51.2 Å². The molecule has 3 aromatic rings. The smallest absolute Gasteiger partial charge is 0.255 e. The number of rotatable bonds is 4. The molecule has 128 valence electrons. The van der Waals surface area contributed by atoms with E-state index in [2.05, 4.69) is 22.1 Å². The van der Waals surface area contributed by atoms with Crippen molar-refractivity contribution in [3.05, 3.63) is 95.3 Å². The molecule has 1 N–H and O–H groups in total. The van der Waals surface area contributed by atoms with E-state index in [1.54, 1.807) is 19.4 Å². The van der Waals surface area contributed by atoms with Crippen LogP contribution in [0.1, 0.15) is 27.2 Å². The number of hydrogen-bond donors (Lipinski definition) is 1. The van der Waals surface area contributed by atoms with Crippen LogP contribution < -0.4 is 5.32 Å². The number of aromatic nitrogens is 1. The van der Waals surface area contributed by atoms with Crippen LogP contribution in [0.5, 0.6) is 0 Å². The average molecular weight is 342 g/mol. The molecule has 0 aliphatic heterocycles. The maximum Gasteiger partial charge on any atom is 0.255 e. The first-order valence-corrected chi connectivity index (χ1v) is 8.17. The molecular weight excluding hydrogens is 324 g/mol. The summed E-state index contributed by atoms with van der Waals surface area (Å²) in [6, 6.07) is 20.4. The number of methoxy groups -OCH3 is 1. The van der Waals surface area contributed by atoms with Gasteiger partial charge in [0.1, 0.15) is 5.69 Å². The molecule has 26 heavy (non-hydrogen) atoms. The van der Waals surface area contributed by atoms with Crippen LogP contribution in [0.4, 0.5) is 5.69 Å². The van der Waals surface area contributed by atoms with Crippen molar-refractivity contribution in [1.29, 1.82) is 0 Å². The third-order valence-electron chi connectivity index (χ3n) is 3.62. The normalized spacial score (nSPS) is 9.88. The van der Waals surface area contributed by atoms with Gasteiger partial charge in [-0.2, -0.15) is 0 Å². The molecule has 0 atom stereocenters. The molecule has 4 heteroatoms. The van der Waals surface area contributed by atoms with E-state index in [9.17, 15) is 4.79 Å². The number of ether oxygens (including phenoxy) is 1. The lowest BCUT2D eigenvalue weighted by molar-refractivity contribution is 0.102. The zero-order valence-corrected chi connectivity index (χ0v) is 14.4. The Balaban J connectivity index is 1.73. The number of anilines is 1. The van der Waals surface area contributed by atoms with Gasteiger partial charge in [0.15, 0.2) is 0 Å². The van der Waals surface area contributed by atoms with Crippen molar-refractivity contribution < 1.29 is 9.53 Å². The maximum absolute atomic E-state index is 12.5. The second-order valence-corrected chi connectivity index (χ2v) is 5.63. The summed E-state index contributed by atoms with van der Waals surface area (Å²) in [5.41, 5.74) is 3.75. The van der Waals surface area contributed by atoms with Crippen LogP contribution in [0, 0.1) is 11.8 Å². The molecule has 0 aliphatic carbocycles. The Kier molecular flexibility index (Phi) is 5.76. The number of carbonyl (C=O) groups is 1. The molecule has 0 aliphatic rings. The van der Waals surface area contributed by atoms with Crippen molar-refractivity contribution >= 4 is 11.6 Å². The predicted molar refractivity (Wildman–Crippen MR) is 102 cm³/mol. The minimum absolute atomic E-state index is 0.169. The number of nitrogens with one attached hydrogen (secondary N) is 1. The van der Waals surface area contributed by atoms with Crippen molar-refractivity contribution in [2.75, 3.05) is 12.4 Å². The first-order chi connectivity index (χ1) is 12.7. The monoisotopic (exact) mass is 342 g/mol. The maximum atomic E-state index is 12.5. The zero-order chi connectivity index (χ0) is 18.2. The fraction of sp³-hybridized carbons (Fsp3) is 0.0909. The van der Waals surface area contributed by atoms with Gasteiger partial charge >= 0.3 is 0 Å². The zero-order valence-electron chi connectivity index (χ0n) is 14.4. The number of carbonyl (C=O) groups excluding carboxylic acids is 1. The summed E-state index contributed by atoms with van der Waals surface area (Å²) in [4.78, 5) is 16.6. The highest BCUT2D eigenvalue weighted by Gasteiger charge is 2.07. The number of hydrogen-bond acceptors (Lipinski definition) is 3. The van der Waals surface area contributed by atoms with Crippen LogP contribution in [0.15, 0.2) is 72.9 Å². The molecule has 0 fully saturated rings. The van der Waals surface area contributed by atoms with Crippen LogP contribution in [-0.2, 0) is 11.3 Å². The van der Waals surface area contributed by atoms with E-state index >= 15 is 0 Å². The summed E-state index contributed by atoms with van der Waals surface area (Å²) in [7, 11) is 1.63. The SMILES string of the molecule is COCc1cccc(C(=O)Nc2cccc(C#Cc3ccccn3)c2)c1. The van der Waals surface area contributed by atoms with Crippen molar-refractivity contribution in [3.8, 4) is 11.8 Å². The fourth-order valence-electron chi connectivity index (χ4n) is 2.42. The third kappa shape index (κ3) is 4.79. The lowest BCUT2D eigenvalue weighted by Crippen LogP contribution is -2.12. The largest absolute Gasteiger partial charge is 0.380 e. The summed E-state index contributed by atoms with van der Waals surface area (Å²) < 4.78 is 5.11. The highest BCUT2D eigenvalue weighted by molar-refractivity contribution is 6.04. The van der Waals surface area contributed by atoms with E-state index in [0.29, 0.717) is 23.6 Å². The molecular formula is C22H18N2O2. The molecule has 0 bridgehead atoms. The Bertz CT molecular complexity index is 956. The van der Waals surface area contributed by atoms with Crippen LogP contribution in [0.3, 0.4) is 0 Å². The van der Waals surface area contributed by atoms with Gasteiger partial charge in [0, 0.05) is 30.1 Å². The number of amides is 1. The predicted octanol–water partition coefficient (Wildman–Crippen LogP) is 3.88. The van der Waals surface area contributed by atoms with Crippen molar-refractivity contribution in [3.63, 3.8) is 0 Å². The summed E-state index contributed by atoms with van der Waals surface area (Å²) >= 11 is 0. The van der Waals surface area contributed by atoms with E-state index in [1.807, 2.05) is 60.7 Å². The molecule has 1 aromatic heterocycles. The van der Waals surface area contributed by atoms with E-state index in [1.165, 1.54) is 0 Å². The van der Waals surface area contributed by atoms with Gasteiger partial charge in [0.25, 0.3) is 5.91 Å². The average Bonchev–Trinajstić information content (AvgIpc) is 2.68. The van der Waals surface area contributed by atoms with E-state index in [0.717, 1.165) is 11.1 Å². The summed E-state index contributed by atoms with van der Waals surface area (Å²) in [6.45, 7) is 0.472. The minimum Gasteiger partial charge on any atom is -0.380 e.